The van der Waals surface area contributed by atoms with Crippen LogP contribution >= 0.6 is 23.1 Å². The number of thiophene rings is 1. The fourth-order valence-corrected chi connectivity index (χ4v) is 3.35. The molecule has 0 saturated heterocycles. The topological polar surface area (TPSA) is 12.0 Å². The molecule has 1 aromatic rings. The van der Waals surface area contributed by atoms with E-state index in [2.05, 4.69) is 61.6 Å². The van der Waals surface area contributed by atoms with E-state index in [0.717, 1.165) is 6.54 Å². The van der Waals surface area contributed by atoms with E-state index < -0.39 is 0 Å². The minimum atomic E-state index is 0.371. The van der Waals surface area contributed by atoms with E-state index in [9.17, 15) is 0 Å². The Morgan fingerprint density at radius 2 is 2.18 bits per heavy atom. The van der Waals surface area contributed by atoms with Crippen LogP contribution in [-0.2, 0) is 6.42 Å². The molecule has 0 aromatic carbocycles. The van der Waals surface area contributed by atoms with Crippen LogP contribution in [-0.4, -0.2) is 23.1 Å². The molecule has 0 aliphatic rings. The third kappa shape index (κ3) is 7.12. The van der Waals surface area contributed by atoms with E-state index in [1.165, 1.54) is 24.2 Å². The van der Waals surface area contributed by atoms with Crippen LogP contribution in [0.15, 0.2) is 16.8 Å². The van der Waals surface area contributed by atoms with E-state index in [0.29, 0.717) is 10.8 Å². The van der Waals surface area contributed by atoms with Gasteiger partial charge in [-0.05, 0) is 41.8 Å². The summed E-state index contributed by atoms with van der Waals surface area (Å²) >= 11 is 3.86. The Bertz CT molecular complexity index is 288. The van der Waals surface area contributed by atoms with Gasteiger partial charge >= 0.3 is 0 Å². The first kappa shape index (κ1) is 15.1. The molecule has 1 N–H and O–H groups in total. The molecular formula is C14H25NS2. The summed E-state index contributed by atoms with van der Waals surface area (Å²) in [4.78, 5) is 0. The highest BCUT2D eigenvalue weighted by atomic mass is 32.2. The van der Waals surface area contributed by atoms with Crippen LogP contribution in [0.25, 0.3) is 0 Å². The third-order valence-electron chi connectivity index (χ3n) is 2.57. The van der Waals surface area contributed by atoms with Crippen LogP contribution < -0.4 is 5.32 Å². The molecular weight excluding hydrogens is 246 g/mol. The molecule has 1 nitrogen and oxygen atoms in total. The Kier molecular flexibility index (Phi) is 6.60. The van der Waals surface area contributed by atoms with Crippen molar-refractivity contribution in [3.63, 3.8) is 0 Å². The molecule has 1 rings (SSSR count). The largest absolute Gasteiger partial charge is 0.313 e. The van der Waals surface area contributed by atoms with Crippen molar-refractivity contribution in [3.8, 4) is 0 Å². The lowest BCUT2D eigenvalue weighted by atomic mass is 10.1. The second-order valence-electron chi connectivity index (χ2n) is 5.35. The maximum atomic E-state index is 3.60. The van der Waals surface area contributed by atoms with Gasteiger partial charge in [0.05, 0.1) is 0 Å². The molecule has 98 valence electrons. The number of rotatable bonds is 7. The molecule has 0 fully saturated rings. The molecule has 0 spiro atoms. The van der Waals surface area contributed by atoms with Gasteiger partial charge < -0.3 is 5.32 Å². The average Bonchev–Trinajstić information content (AvgIpc) is 2.74. The molecule has 0 radical (unpaired) electrons. The predicted molar refractivity (Wildman–Crippen MR) is 82.3 cm³/mol. The highest BCUT2D eigenvalue weighted by Gasteiger charge is 2.15. The molecule has 1 aromatic heterocycles. The molecule has 0 aliphatic heterocycles. The summed E-state index contributed by atoms with van der Waals surface area (Å²) in [6, 6.07) is 2.88. The first-order chi connectivity index (χ1) is 8.01. The molecule has 17 heavy (non-hydrogen) atoms. The van der Waals surface area contributed by atoms with Gasteiger partial charge in [0.2, 0.25) is 0 Å². The number of nitrogens with one attached hydrogen (secondary N) is 1. The molecule has 0 aliphatic carbocycles. The normalized spacial score (nSPS) is 13.9. The van der Waals surface area contributed by atoms with Crippen molar-refractivity contribution in [1.82, 2.24) is 5.32 Å². The van der Waals surface area contributed by atoms with Crippen molar-refractivity contribution >= 4 is 23.1 Å². The van der Waals surface area contributed by atoms with Gasteiger partial charge in [-0.3, -0.25) is 0 Å². The Hall–Kier alpha value is 0.01000. The molecule has 1 heterocycles. The summed E-state index contributed by atoms with van der Waals surface area (Å²) in [5, 5.41) is 8.03. The van der Waals surface area contributed by atoms with Gasteiger partial charge in [-0.15, -0.1) is 0 Å². The van der Waals surface area contributed by atoms with Crippen molar-refractivity contribution < 1.29 is 0 Å². The lowest BCUT2D eigenvalue weighted by Gasteiger charge is -2.23. The summed E-state index contributed by atoms with van der Waals surface area (Å²) in [6.45, 7) is 10.1. The van der Waals surface area contributed by atoms with Crippen LogP contribution in [0, 0.1) is 0 Å². The first-order valence-corrected chi connectivity index (χ1v) is 8.32. The standard InChI is InChI=1S/C14H25NS2/c1-5-15-13(11-17-14(2,3)4)7-6-12-8-9-16-10-12/h8-10,13,15H,5-7,11H2,1-4H3. The van der Waals surface area contributed by atoms with Gasteiger partial charge in [0, 0.05) is 16.5 Å². The fourth-order valence-electron chi connectivity index (χ4n) is 1.66. The van der Waals surface area contributed by atoms with Crippen LogP contribution in [0.4, 0.5) is 0 Å². The maximum absolute atomic E-state index is 3.60. The van der Waals surface area contributed by atoms with Gasteiger partial charge in [-0.1, -0.05) is 27.7 Å². The quantitative estimate of drug-likeness (QED) is 0.798. The van der Waals surface area contributed by atoms with Crippen LogP contribution in [0.5, 0.6) is 0 Å². The Morgan fingerprint density at radius 1 is 1.41 bits per heavy atom. The van der Waals surface area contributed by atoms with Gasteiger partial charge in [0.1, 0.15) is 0 Å². The Morgan fingerprint density at radius 3 is 2.71 bits per heavy atom. The minimum Gasteiger partial charge on any atom is -0.313 e. The molecule has 3 heteroatoms. The Labute approximate surface area is 114 Å². The van der Waals surface area contributed by atoms with Crippen molar-refractivity contribution in [2.75, 3.05) is 12.3 Å². The van der Waals surface area contributed by atoms with E-state index in [1.54, 1.807) is 11.3 Å². The van der Waals surface area contributed by atoms with Gasteiger partial charge in [0.25, 0.3) is 0 Å². The smallest absolute Gasteiger partial charge is 0.0161 e. The van der Waals surface area contributed by atoms with Crippen LogP contribution in [0.2, 0.25) is 0 Å². The summed E-state index contributed by atoms with van der Waals surface area (Å²) < 4.78 is 0.371. The van der Waals surface area contributed by atoms with Crippen LogP contribution in [0.3, 0.4) is 0 Å². The summed E-state index contributed by atoms with van der Waals surface area (Å²) in [6.07, 6.45) is 2.44. The van der Waals surface area contributed by atoms with Crippen molar-refractivity contribution in [3.05, 3.63) is 22.4 Å². The Balaban J connectivity index is 2.32. The zero-order chi connectivity index (χ0) is 12.7. The number of hydrogen-bond donors (Lipinski definition) is 1. The number of aryl methyl sites for hydroxylation is 1. The van der Waals surface area contributed by atoms with Crippen molar-refractivity contribution in [2.45, 2.75) is 51.3 Å². The monoisotopic (exact) mass is 271 g/mol. The van der Waals surface area contributed by atoms with E-state index in [-0.39, 0.29) is 0 Å². The van der Waals surface area contributed by atoms with Crippen molar-refractivity contribution in [1.29, 1.82) is 0 Å². The fraction of sp³-hybridized carbons (Fsp3) is 0.714. The van der Waals surface area contributed by atoms with Gasteiger partial charge in [0.15, 0.2) is 0 Å². The molecule has 0 saturated carbocycles. The van der Waals surface area contributed by atoms with Gasteiger partial charge in [-0.2, -0.15) is 23.1 Å². The molecule has 0 amide bonds. The van der Waals surface area contributed by atoms with Crippen LogP contribution in [0.1, 0.15) is 39.7 Å². The average molecular weight is 271 g/mol. The third-order valence-corrected chi connectivity index (χ3v) is 4.74. The zero-order valence-electron chi connectivity index (χ0n) is 11.5. The maximum Gasteiger partial charge on any atom is 0.0161 e. The summed E-state index contributed by atoms with van der Waals surface area (Å²) in [5.74, 6) is 1.21. The summed E-state index contributed by atoms with van der Waals surface area (Å²) in [7, 11) is 0. The van der Waals surface area contributed by atoms with E-state index in [1.807, 2.05) is 0 Å². The molecule has 1 unspecified atom stereocenters. The number of hydrogen-bond acceptors (Lipinski definition) is 3. The zero-order valence-corrected chi connectivity index (χ0v) is 13.1. The SMILES string of the molecule is CCNC(CCc1ccsc1)CSC(C)(C)C. The van der Waals surface area contributed by atoms with E-state index >= 15 is 0 Å². The summed E-state index contributed by atoms with van der Waals surface area (Å²) in [5.41, 5.74) is 1.48. The van der Waals surface area contributed by atoms with Crippen molar-refractivity contribution in [2.24, 2.45) is 0 Å². The molecule has 1 atom stereocenters. The molecule has 0 bridgehead atoms. The second kappa shape index (κ2) is 7.45. The highest BCUT2D eigenvalue weighted by molar-refractivity contribution is 8.00. The predicted octanol–water partition coefficient (Wildman–Crippen LogP) is 4.19. The second-order valence-corrected chi connectivity index (χ2v) is 7.98. The number of thioether (sulfide) groups is 1. The lowest BCUT2D eigenvalue weighted by Crippen LogP contribution is -2.33. The van der Waals surface area contributed by atoms with Gasteiger partial charge in [-0.25, -0.2) is 0 Å². The minimum absolute atomic E-state index is 0.371. The first-order valence-electron chi connectivity index (χ1n) is 6.39. The lowest BCUT2D eigenvalue weighted by molar-refractivity contribution is 0.536. The van der Waals surface area contributed by atoms with E-state index in [4.69, 9.17) is 0 Å². The highest BCUT2D eigenvalue weighted by Crippen LogP contribution is 2.24.